The minimum atomic E-state index is -0.0198. The van der Waals surface area contributed by atoms with Crippen molar-refractivity contribution < 1.29 is 9.59 Å². The SMILES string of the molecule is Cc1ccc(C)c(NC(=O)C2CCN(C(=O)NC3CCCCC3)CC2)c1. The monoisotopic (exact) mass is 357 g/mol. The van der Waals surface area contributed by atoms with Gasteiger partial charge in [0.15, 0.2) is 0 Å². The van der Waals surface area contributed by atoms with Gasteiger partial charge >= 0.3 is 6.03 Å². The molecule has 0 unspecified atom stereocenters. The van der Waals surface area contributed by atoms with Crippen LogP contribution < -0.4 is 10.6 Å². The van der Waals surface area contributed by atoms with Crippen LogP contribution in [0.2, 0.25) is 0 Å². The number of urea groups is 1. The van der Waals surface area contributed by atoms with Gasteiger partial charge in [-0.2, -0.15) is 0 Å². The van der Waals surface area contributed by atoms with Gasteiger partial charge in [0.25, 0.3) is 0 Å². The van der Waals surface area contributed by atoms with E-state index in [1.54, 1.807) is 0 Å². The molecule has 1 aliphatic carbocycles. The van der Waals surface area contributed by atoms with Gasteiger partial charge in [-0.15, -0.1) is 0 Å². The van der Waals surface area contributed by atoms with Crippen LogP contribution in [-0.2, 0) is 4.79 Å². The minimum absolute atomic E-state index is 0.0198. The van der Waals surface area contributed by atoms with Crippen LogP contribution in [0.3, 0.4) is 0 Å². The number of nitrogens with one attached hydrogen (secondary N) is 2. The number of anilines is 1. The van der Waals surface area contributed by atoms with Crippen molar-refractivity contribution in [2.24, 2.45) is 5.92 Å². The zero-order chi connectivity index (χ0) is 18.5. The fourth-order valence-electron chi connectivity index (χ4n) is 3.96. The fourth-order valence-corrected chi connectivity index (χ4v) is 3.96. The van der Waals surface area contributed by atoms with Crippen molar-refractivity contribution >= 4 is 17.6 Å². The van der Waals surface area contributed by atoms with Crippen molar-refractivity contribution in [3.05, 3.63) is 29.3 Å². The first-order valence-electron chi connectivity index (χ1n) is 9.96. The quantitative estimate of drug-likeness (QED) is 0.859. The number of nitrogens with zero attached hydrogens (tertiary/aromatic N) is 1. The Labute approximate surface area is 156 Å². The Morgan fingerprint density at radius 2 is 1.69 bits per heavy atom. The number of carbonyl (C=O) groups excluding carboxylic acids is 2. The predicted octanol–water partition coefficient (Wildman–Crippen LogP) is 4.00. The zero-order valence-corrected chi connectivity index (χ0v) is 16.0. The predicted molar refractivity (Wildman–Crippen MR) is 104 cm³/mol. The Morgan fingerprint density at radius 3 is 2.38 bits per heavy atom. The van der Waals surface area contributed by atoms with E-state index in [4.69, 9.17) is 0 Å². The van der Waals surface area contributed by atoms with Gasteiger partial charge in [0.2, 0.25) is 5.91 Å². The normalized spacial score (nSPS) is 19.2. The van der Waals surface area contributed by atoms with Crippen molar-refractivity contribution in [3.63, 3.8) is 0 Å². The highest BCUT2D eigenvalue weighted by Crippen LogP contribution is 2.23. The van der Waals surface area contributed by atoms with Crippen LogP contribution >= 0.6 is 0 Å². The molecule has 0 spiro atoms. The van der Waals surface area contributed by atoms with Gasteiger partial charge in [-0.3, -0.25) is 4.79 Å². The van der Waals surface area contributed by atoms with Crippen LogP contribution in [-0.4, -0.2) is 36.0 Å². The molecule has 2 fully saturated rings. The lowest BCUT2D eigenvalue weighted by atomic mass is 9.95. The van der Waals surface area contributed by atoms with E-state index in [1.807, 2.05) is 30.9 Å². The Morgan fingerprint density at radius 1 is 1.00 bits per heavy atom. The van der Waals surface area contributed by atoms with E-state index >= 15 is 0 Å². The molecule has 5 heteroatoms. The average molecular weight is 357 g/mol. The third kappa shape index (κ3) is 4.77. The lowest BCUT2D eigenvalue weighted by molar-refractivity contribution is -0.121. The molecule has 1 aliphatic heterocycles. The number of hydrogen-bond acceptors (Lipinski definition) is 2. The molecule has 0 atom stereocenters. The van der Waals surface area contributed by atoms with E-state index in [2.05, 4.69) is 16.7 Å². The van der Waals surface area contributed by atoms with Crippen LogP contribution in [0, 0.1) is 19.8 Å². The largest absolute Gasteiger partial charge is 0.335 e. The summed E-state index contributed by atoms with van der Waals surface area (Å²) in [5, 5.41) is 6.25. The molecule has 1 saturated heterocycles. The molecular formula is C21H31N3O2. The Balaban J connectivity index is 1.47. The summed E-state index contributed by atoms with van der Waals surface area (Å²) in [5.74, 6) is 0.0553. The number of likely N-dealkylation sites (tertiary alicyclic amines) is 1. The molecule has 3 amide bonds. The first-order chi connectivity index (χ1) is 12.5. The Bertz CT molecular complexity index is 645. The molecule has 3 rings (SSSR count). The van der Waals surface area contributed by atoms with E-state index in [0.717, 1.165) is 42.5 Å². The molecule has 0 radical (unpaired) electrons. The number of rotatable bonds is 3. The molecule has 1 aromatic rings. The van der Waals surface area contributed by atoms with E-state index < -0.39 is 0 Å². The highest BCUT2D eigenvalue weighted by molar-refractivity contribution is 5.93. The third-order valence-electron chi connectivity index (χ3n) is 5.74. The van der Waals surface area contributed by atoms with Crippen molar-refractivity contribution in [2.45, 2.75) is 64.8 Å². The second-order valence-electron chi connectivity index (χ2n) is 7.85. The molecule has 1 saturated carbocycles. The second kappa shape index (κ2) is 8.56. The first kappa shape index (κ1) is 18.7. The molecule has 0 aromatic heterocycles. The summed E-state index contributed by atoms with van der Waals surface area (Å²) in [6.45, 7) is 5.35. The van der Waals surface area contributed by atoms with Crippen LogP contribution in [0.5, 0.6) is 0 Å². The standard InChI is InChI=1S/C21H31N3O2/c1-15-8-9-16(2)19(14-15)23-20(25)17-10-12-24(13-11-17)21(26)22-18-6-4-3-5-7-18/h8-9,14,17-18H,3-7,10-13H2,1-2H3,(H,22,26)(H,23,25). The van der Waals surface area contributed by atoms with E-state index in [-0.39, 0.29) is 17.9 Å². The summed E-state index contributed by atoms with van der Waals surface area (Å²) < 4.78 is 0. The van der Waals surface area contributed by atoms with Crippen molar-refractivity contribution in [1.29, 1.82) is 0 Å². The number of carbonyl (C=O) groups is 2. The molecule has 2 aliphatic rings. The number of hydrogen-bond donors (Lipinski definition) is 2. The third-order valence-corrected chi connectivity index (χ3v) is 5.74. The van der Waals surface area contributed by atoms with Crippen LogP contribution in [0.25, 0.3) is 0 Å². The van der Waals surface area contributed by atoms with Gasteiger partial charge in [-0.25, -0.2) is 4.79 Å². The highest BCUT2D eigenvalue weighted by Gasteiger charge is 2.28. The van der Waals surface area contributed by atoms with Crippen molar-refractivity contribution in [3.8, 4) is 0 Å². The zero-order valence-electron chi connectivity index (χ0n) is 16.0. The fraction of sp³-hybridized carbons (Fsp3) is 0.619. The van der Waals surface area contributed by atoms with Crippen molar-refractivity contribution in [1.82, 2.24) is 10.2 Å². The van der Waals surface area contributed by atoms with E-state index in [0.29, 0.717) is 19.1 Å². The number of aryl methyl sites for hydroxylation is 2. The lowest BCUT2D eigenvalue weighted by Crippen LogP contribution is -2.49. The van der Waals surface area contributed by atoms with Gasteiger partial charge in [-0.1, -0.05) is 31.4 Å². The maximum absolute atomic E-state index is 12.6. The molecule has 1 heterocycles. The van der Waals surface area contributed by atoms with Crippen molar-refractivity contribution in [2.75, 3.05) is 18.4 Å². The molecular weight excluding hydrogens is 326 g/mol. The summed E-state index contributed by atoms with van der Waals surface area (Å²) in [6.07, 6.45) is 7.37. The van der Waals surface area contributed by atoms with Crippen LogP contribution in [0.1, 0.15) is 56.1 Å². The molecule has 2 N–H and O–H groups in total. The Hall–Kier alpha value is -2.04. The molecule has 1 aromatic carbocycles. The van der Waals surface area contributed by atoms with Gasteiger partial charge in [0.1, 0.15) is 0 Å². The summed E-state index contributed by atoms with van der Waals surface area (Å²) >= 11 is 0. The topological polar surface area (TPSA) is 61.4 Å². The summed E-state index contributed by atoms with van der Waals surface area (Å²) in [6, 6.07) is 6.48. The van der Waals surface area contributed by atoms with Crippen LogP contribution in [0.15, 0.2) is 18.2 Å². The maximum atomic E-state index is 12.6. The summed E-state index contributed by atoms with van der Waals surface area (Å²) in [4.78, 5) is 26.9. The molecule has 26 heavy (non-hydrogen) atoms. The van der Waals surface area contributed by atoms with Crippen LogP contribution in [0.4, 0.5) is 10.5 Å². The summed E-state index contributed by atoms with van der Waals surface area (Å²) in [7, 11) is 0. The summed E-state index contributed by atoms with van der Waals surface area (Å²) in [5.41, 5.74) is 3.11. The number of piperidine rings is 1. The number of amides is 3. The minimum Gasteiger partial charge on any atom is -0.335 e. The second-order valence-corrected chi connectivity index (χ2v) is 7.85. The number of benzene rings is 1. The maximum Gasteiger partial charge on any atom is 0.317 e. The highest BCUT2D eigenvalue weighted by atomic mass is 16.2. The van der Waals surface area contributed by atoms with Gasteiger partial charge < -0.3 is 15.5 Å². The van der Waals surface area contributed by atoms with Gasteiger partial charge in [-0.05, 0) is 56.7 Å². The lowest BCUT2D eigenvalue weighted by Gasteiger charge is -2.33. The molecule has 0 bridgehead atoms. The Kier molecular flexibility index (Phi) is 6.17. The van der Waals surface area contributed by atoms with Gasteiger partial charge in [0, 0.05) is 30.7 Å². The first-order valence-corrected chi connectivity index (χ1v) is 9.96. The average Bonchev–Trinajstić information content (AvgIpc) is 2.65. The van der Waals surface area contributed by atoms with E-state index in [9.17, 15) is 9.59 Å². The smallest absolute Gasteiger partial charge is 0.317 e. The van der Waals surface area contributed by atoms with E-state index in [1.165, 1.54) is 19.3 Å². The van der Waals surface area contributed by atoms with Gasteiger partial charge in [0.05, 0.1) is 0 Å². The molecule has 5 nitrogen and oxygen atoms in total. The molecule has 142 valence electrons.